The predicted molar refractivity (Wildman–Crippen MR) is 71.9 cm³/mol. The zero-order chi connectivity index (χ0) is 12.5. The van der Waals surface area contributed by atoms with Gasteiger partial charge in [0.05, 0.1) is 12.8 Å². The highest BCUT2D eigenvalue weighted by atomic mass is 16.5. The molecule has 18 heavy (non-hydrogen) atoms. The van der Waals surface area contributed by atoms with Crippen LogP contribution in [-0.2, 0) is 0 Å². The van der Waals surface area contributed by atoms with Crippen LogP contribution in [0.15, 0.2) is 48.8 Å². The van der Waals surface area contributed by atoms with Crippen LogP contribution in [0.25, 0.3) is 16.9 Å². The molecule has 3 rings (SSSR count). The number of imidazole rings is 1. The molecule has 2 aromatic heterocycles. The van der Waals surface area contributed by atoms with Gasteiger partial charge in [-0.15, -0.1) is 0 Å². The number of hydrogen-bond donors (Lipinski definition) is 0. The van der Waals surface area contributed by atoms with Gasteiger partial charge in [0.1, 0.15) is 11.4 Å². The molecule has 0 amide bonds. The molecule has 0 saturated heterocycles. The summed E-state index contributed by atoms with van der Waals surface area (Å²) in [6, 6.07) is 12.1. The summed E-state index contributed by atoms with van der Waals surface area (Å²) < 4.78 is 7.26. The van der Waals surface area contributed by atoms with E-state index < -0.39 is 0 Å². The lowest BCUT2D eigenvalue weighted by molar-refractivity contribution is 0.415. The van der Waals surface area contributed by atoms with Gasteiger partial charge in [-0.3, -0.25) is 0 Å². The number of methoxy groups -OCH3 is 1. The van der Waals surface area contributed by atoms with Crippen molar-refractivity contribution < 1.29 is 4.74 Å². The Morgan fingerprint density at radius 3 is 2.89 bits per heavy atom. The van der Waals surface area contributed by atoms with E-state index in [9.17, 15) is 0 Å². The van der Waals surface area contributed by atoms with Crippen LogP contribution in [0.1, 0.15) is 5.56 Å². The average Bonchev–Trinajstić information content (AvgIpc) is 2.81. The van der Waals surface area contributed by atoms with Crippen LogP contribution in [0.3, 0.4) is 0 Å². The molecule has 0 spiro atoms. The third-order valence-electron chi connectivity index (χ3n) is 2.98. The largest absolute Gasteiger partial charge is 0.497 e. The lowest BCUT2D eigenvalue weighted by Gasteiger charge is -2.00. The van der Waals surface area contributed by atoms with Crippen molar-refractivity contribution in [2.75, 3.05) is 7.11 Å². The van der Waals surface area contributed by atoms with Crippen LogP contribution in [0.2, 0.25) is 0 Å². The van der Waals surface area contributed by atoms with E-state index in [2.05, 4.69) is 24.0 Å². The van der Waals surface area contributed by atoms with Gasteiger partial charge in [0.2, 0.25) is 0 Å². The number of nitrogens with zero attached hydrogens (tertiary/aromatic N) is 2. The molecule has 0 unspecified atom stereocenters. The fourth-order valence-corrected chi connectivity index (χ4v) is 2.01. The lowest BCUT2D eigenvalue weighted by atomic mass is 10.1. The van der Waals surface area contributed by atoms with Crippen LogP contribution in [0.4, 0.5) is 0 Å². The van der Waals surface area contributed by atoms with Gasteiger partial charge in [-0.25, -0.2) is 4.98 Å². The fraction of sp³-hybridized carbons (Fsp3) is 0.133. The van der Waals surface area contributed by atoms with Crippen molar-refractivity contribution in [1.82, 2.24) is 9.38 Å². The summed E-state index contributed by atoms with van der Waals surface area (Å²) in [5, 5.41) is 0. The second-order valence-corrected chi connectivity index (χ2v) is 4.33. The Bertz CT molecular complexity index is 701. The molecule has 0 saturated carbocycles. The van der Waals surface area contributed by atoms with Crippen molar-refractivity contribution in [3.8, 4) is 17.0 Å². The molecule has 2 heterocycles. The first-order valence-electron chi connectivity index (χ1n) is 5.86. The first-order valence-corrected chi connectivity index (χ1v) is 5.86. The first kappa shape index (κ1) is 10.8. The van der Waals surface area contributed by atoms with Gasteiger partial charge in [-0.2, -0.15) is 0 Å². The molecule has 0 aliphatic heterocycles. The zero-order valence-corrected chi connectivity index (χ0v) is 10.4. The van der Waals surface area contributed by atoms with E-state index >= 15 is 0 Å². The number of benzene rings is 1. The molecule has 3 aromatic rings. The Balaban J connectivity index is 2.13. The second-order valence-electron chi connectivity index (χ2n) is 4.33. The highest BCUT2D eigenvalue weighted by Gasteiger charge is 2.05. The first-order chi connectivity index (χ1) is 8.76. The molecule has 3 heteroatoms. The van der Waals surface area contributed by atoms with Crippen molar-refractivity contribution >= 4 is 5.65 Å². The maximum absolute atomic E-state index is 5.23. The molecule has 1 aromatic carbocycles. The molecular weight excluding hydrogens is 224 g/mol. The molecule has 0 bridgehead atoms. The second kappa shape index (κ2) is 4.18. The fourth-order valence-electron chi connectivity index (χ4n) is 2.01. The average molecular weight is 238 g/mol. The van der Waals surface area contributed by atoms with E-state index in [1.54, 1.807) is 7.11 Å². The van der Waals surface area contributed by atoms with Gasteiger partial charge in [0.15, 0.2) is 0 Å². The van der Waals surface area contributed by atoms with Crippen molar-refractivity contribution in [1.29, 1.82) is 0 Å². The van der Waals surface area contributed by atoms with E-state index in [0.29, 0.717) is 0 Å². The summed E-state index contributed by atoms with van der Waals surface area (Å²) in [5.41, 5.74) is 4.20. The van der Waals surface area contributed by atoms with Crippen molar-refractivity contribution in [3.05, 3.63) is 54.4 Å². The number of pyridine rings is 1. The van der Waals surface area contributed by atoms with Gasteiger partial charge < -0.3 is 9.14 Å². The highest BCUT2D eigenvalue weighted by molar-refractivity contribution is 5.64. The Kier molecular flexibility index (Phi) is 2.52. The van der Waals surface area contributed by atoms with Crippen molar-refractivity contribution in [2.45, 2.75) is 6.92 Å². The SMILES string of the molecule is COc1cccc(-c2cn3ccc(C)cc3n2)c1. The van der Waals surface area contributed by atoms with Crippen LogP contribution in [0.5, 0.6) is 5.75 Å². The topological polar surface area (TPSA) is 26.5 Å². The molecule has 3 nitrogen and oxygen atoms in total. The van der Waals surface area contributed by atoms with Gasteiger partial charge in [-0.05, 0) is 36.8 Å². The number of aromatic nitrogens is 2. The Hall–Kier alpha value is -2.29. The van der Waals surface area contributed by atoms with E-state index in [1.807, 2.05) is 41.1 Å². The summed E-state index contributed by atoms with van der Waals surface area (Å²) >= 11 is 0. The molecular formula is C15H14N2O. The maximum atomic E-state index is 5.23. The predicted octanol–water partition coefficient (Wildman–Crippen LogP) is 3.32. The molecule has 0 N–H and O–H groups in total. The Morgan fingerprint density at radius 2 is 2.06 bits per heavy atom. The molecule has 0 aliphatic carbocycles. The van der Waals surface area contributed by atoms with Crippen LogP contribution >= 0.6 is 0 Å². The van der Waals surface area contributed by atoms with Crippen LogP contribution in [0, 0.1) is 6.92 Å². The van der Waals surface area contributed by atoms with Gasteiger partial charge in [0.25, 0.3) is 0 Å². The third kappa shape index (κ3) is 1.84. The van der Waals surface area contributed by atoms with Gasteiger partial charge in [-0.1, -0.05) is 12.1 Å². The summed E-state index contributed by atoms with van der Waals surface area (Å²) in [5.74, 6) is 0.848. The molecule has 90 valence electrons. The van der Waals surface area contributed by atoms with E-state index in [1.165, 1.54) is 5.56 Å². The number of aryl methyl sites for hydroxylation is 1. The molecule has 0 fully saturated rings. The quantitative estimate of drug-likeness (QED) is 0.684. The summed E-state index contributed by atoms with van der Waals surface area (Å²) in [4.78, 5) is 4.63. The van der Waals surface area contributed by atoms with Crippen molar-refractivity contribution in [2.24, 2.45) is 0 Å². The minimum absolute atomic E-state index is 0.848. The summed E-state index contributed by atoms with van der Waals surface area (Å²) in [6.07, 6.45) is 4.06. The van der Waals surface area contributed by atoms with E-state index in [0.717, 1.165) is 22.7 Å². The zero-order valence-electron chi connectivity index (χ0n) is 10.4. The monoisotopic (exact) mass is 238 g/mol. The van der Waals surface area contributed by atoms with Crippen molar-refractivity contribution in [3.63, 3.8) is 0 Å². The lowest BCUT2D eigenvalue weighted by Crippen LogP contribution is -1.83. The number of fused-ring (bicyclic) bond motifs is 1. The van der Waals surface area contributed by atoms with Gasteiger partial charge in [0, 0.05) is 18.0 Å². The van der Waals surface area contributed by atoms with Crippen LogP contribution < -0.4 is 4.74 Å². The van der Waals surface area contributed by atoms with E-state index in [-0.39, 0.29) is 0 Å². The van der Waals surface area contributed by atoms with Crippen LogP contribution in [-0.4, -0.2) is 16.5 Å². The smallest absolute Gasteiger partial charge is 0.137 e. The Morgan fingerprint density at radius 1 is 1.17 bits per heavy atom. The number of rotatable bonds is 2. The molecule has 0 radical (unpaired) electrons. The summed E-state index contributed by atoms with van der Waals surface area (Å²) in [6.45, 7) is 2.07. The number of hydrogen-bond acceptors (Lipinski definition) is 2. The standard InChI is InChI=1S/C15H14N2O/c1-11-6-7-17-10-14(16-15(17)8-11)12-4-3-5-13(9-12)18-2/h3-10H,1-2H3. The summed E-state index contributed by atoms with van der Waals surface area (Å²) in [7, 11) is 1.67. The van der Waals surface area contributed by atoms with E-state index in [4.69, 9.17) is 4.74 Å². The maximum Gasteiger partial charge on any atom is 0.137 e. The highest BCUT2D eigenvalue weighted by Crippen LogP contribution is 2.23. The molecule has 0 aliphatic rings. The minimum atomic E-state index is 0.848. The third-order valence-corrected chi connectivity index (χ3v) is 2.98. The molecule has 0 atom stereocenters. The normalized spacial score (nSPS) is 10.8. The number of ether oxygens (including phenoxy) is 1. The Labute approximate surface area is 106 Å². The minimum Gasteiger partial charge on any atom is -0.497 e. The van der Waals surface area contributed by atoms with Gasteiger partial charge >= 0.3 is 0 Å².